The van der Waals surface area contributed by atoms with Crippen LogP contribution in [0, 0.1) is 0 Å². The number of thiazole rings is 1. The molecule has 1 atom stereocenters. The molecule has 0 saturated carbocycles. The standard InChI is InChI=1S/C22H31N3OS/c1-24-12-5-6-18(24)11-15-25-13-9-17(10-14-25)22-23-20(16-27-22)19-7-3-4-8-21(19)26-2/h3-4,7-8,16-18H,5-6,9-15H2,1-2H3. The predicted octanol–water partition coefficient (Wildman–Crippen LogP) is 4.48. The average Bonchev–Trinajstić information content (AvgIpc) is 3.36. The zero-order chi connectivity index (χ0) is 18.6. The summed E-state index contributed by atoms with van der Waals surface area (Å²) in [6.45, 7) is 4.97. The molecule has 0 spiro atoms. The molecule has 1 aromatic carbocycles. The maximum absolute atomic E-state index is 5.50. The number of likely N-dealkylation sites (tertiary alicyclic amines) is 2. The van der Waals surface area contributed by atoms with Gasteiger partial charge in [-0.3, -0.25) is 0 Å². The molecule has 0 aliphatic carbocycles. The Kier molecular flexibility index (Phi) is 6.11. The summed E-state index contributed by atoms with van der Waals surface area (Å²) in [7, 11) is 4.01. The highest BCUT2D eigenvalue weighted by atomic mass is 32.1. The maximum Gasteiger partial charge on any atom is 0.128 e. The van der Waals surface area contributed by atoms with Crippen molar-refractivity contribution < 1.29 is 4.74 Å². The number of ether oxygens (including phenoxy) is 1. The minimum atomic E-state index is 0.615. The molecule has 1 aromatic heterocycles. The lowest BCUT2D eigenvalue weighted by atomic mass is 9.97. The molecule has 5 heteroatoms. The van der Waals surface area contributed by atoms with Crippen LogP contribution in [0.3, 0.4) is 0 Å². The van der Waals surface area contributed by atoms with E-state index in [1.165, 1.54) is 63.3 Å². The average molecular weight is 386 g/mol. The molecule has 0 amide bonds. The Labute approximate surface area is 167 Å². The summed E-state index contributed by atoms with van der Waals surface area (Å²) in [4.78, 5) is 10.2. The summed E-state index contributed by atoms with van der Waals surface area (Å²) >= 11 is 1.81. The monoisotopic (exact) mass is 385 g/mol. The molecule has 1 unspecified atom stereocenters. The van der Waals surface area contributed by atoms with Gasteiger partial charge in [-0.2, -0.15) is 0 Å². The normalized spacial score (nSPS) is 22.4. The van der Waals surface area contributed by atoms with Crippen LogP contribution in [0.4, 0.5) is 0 Å². The number of hydrogen-bond donors (Lipinski definition) is 0. The molecule has 2 aliphatic heterocycles. The van der Waals surface area contributed by atoms with Gasteiger partial charge in [0, 0.05) is 22.9 Å². The Morgan fingerprint density at radius 2 is 1.96 bits per heavy atom. The Morgan fingerprint density at radius 1 is 1.15 bits per heavy atom. The number of rotatable bonds is 6. The number of benzene rings is 1. The molecule has 0 radical (unpaired) electrons. The van der Waals surface area contributed by atoms with Gasteiger partial charge in [0.25, 0.3) is 0 Å². The summed E-state index contributed by atoms with van der Waals surface area (Å²) in [5.41, 5.74) is 2.15. The van der Waals surface area contributed by atoms with Crippen LogP contribution in [0.15, 0.2) is 29.6 Å². The van der Waals surface area contributed by atoms with Gasteiger partial charge in [-0.25, -0.2) is 4.98 Å². The number of nitrogens with zero attached hydrogens (tertiary/aromatic N) is 3. The number of methoxy groups -OCH3 is 1. The van der Waals surface area contributed by atoms with Gasteiger partial charge < -0.3 is 14.5 Å². The summed E-state index contributed by atoms with van der Waals surface area (Å²) in [5, 5.41) is 3.49. The molecule has 2 fully saturated rings. The van der Waals surface area contributed by atoms with Crippen LogP contribution < -0.4 is 4.74 Å². The van der Waals surface area contributed by atoms with Gasteiger partial charge in [0.2, 0.25) is 0 Å². The van der Waals surface area contributed by atoms with E-state index in [2.05, 4.69) is 34.4 Å². The first-order valence-electron chi connectivity index (χ1n) is 10.3. The topological polar surface area (TPSA) is 28.6 Å². The van der Waals surface area contributed by atoms with Gasteiger partial charge in [-0.15, -0.1) is 11.3 Å². The summed E-state index contributed by atoms with van der Waals surface area (Å²) < 4.78 is 5.50. The smallest absolute Gasteiger partial charge is 0.128 e. The molecule has 0 N–H and O–H groups in total. The van der Waals surface area contributed by atoms with Crippen LogP contribution in [0.2, 0.25) is 0 Å². The van der Waals surface area contributed by atoms with Gasteiger partial charge in [-0.05, 0) is 77.5 Å². The second-order valence-electron chi connectivity index (χ2n) is 7.95. The molecule has 4 nitrogen and oxygen atoms in total. The summed E-state index contributed by atoms with van der Waals surface area (Å²) in [5.74, 6) is 1.52. The van der Waals surface area contributed by atoms with Crippen LogP contribution in [0.5, 0.6) is 5.75 Å². The first kappa shape index (κ1) is 18.9. The SMILES string of the molecule is COc1ccccc1-c1csc(C2CCN(CCC3CCCN3C)CC2)n1. The Hall–Kier alpha value is -1.43. The van der Waals surface area contributed by atoms with E-state index in [-0.39, 0.29) is 0 Å². The van der Waals surface area contributed by atoms with Gasteiger partial charge >= 0.3 is 0 Å². The van der Waals surface area contributed by atoms with Crippen molar-refractivity contribution in [2.45, 2.75) is 44.1 Å². The number of piperidine rings is 1. The number of hydrogen-bond acceptors (Lipinski definition) is 5. The minimum Gasteiger partial charge on any atom is -0.496 e. The summed E-state index contributed by atoms with van der Waals surface area (Å²) in [6, 6.07) is 8.98. The fraction of sp³-hybridized carbons (Fsp3) is 0.591. The highest BCUT2D eigenvalue weighted by molar-refractivity contribution is 7.10. The first-order chi connectivity index (χ1) is 13.2. The van der Waals surface area contributed by atoms with E-state index in [1.54, 1.807) is 7.11 Å². The van der Waals surface area contributed by atoms with Crippen molar-refractivity contribution in [1.29, 1.82) is 0 Å². The predicted molar refractivity (Wildman–Crippen MR) is 113 cm³/mol. The zero-order valence-electron chi connectivity index (χ0n) is 16.6. The Bertz CT molecular complexity index is 739. The zero-order valence-corrected chi connectivity index (χ0v) is 17.4. The molecule has 2 aromatic rings. The third-order valence-corrected chi connectivity index (χ3v) is 7.30. The fourth-order valence-corrected chi connectivity index (χ4v) is 5.53. The van der Waals surface area contributed by atoms with Crippen molar-refractivity contribution in [2.24, 2.45) is 0 Å². The van der Waals surface area contributed by atoms with E-state index in [0.29, 0.717) is 5.92 Å². The second-order valence-corrected chi connectivity index (χ2v) is 8.84. The Morgan fingerprint density at radius 3 is 2.70 bits per heavy atom. The molecule has 4 rings (SSSR count). The molecule has 146 valence electrons. The van der Waals surface area contributed by atoms with Crippen molar-refractivity contribution in [3.63, 3.8) is 0 Å². The van der Waals surface area contributed by atoms with Crippen LogP contribution in [-0.4, -0.2) is 61.2 Å². The molecule has 27 heavy (non-hydrogen) atoms. The molecule has 2 aliphatic rings. The fourth-order valence-electron chi connectivity index (χ4n) is 4.53. The van der Waals surface area contributed by atoms with Crippen molar-refractivity contribution in [2.75, 3.05) is 40.3 Å². The lowest BCUT2D eigenvalue weighted by molar-refractivity contribution is 0.186. The van der Waals surface area contributed by atoms with Crippen molar-refractivity contribution in [3.8, 4) is 17.0 Å². The van der Waals surface area contributed by atoms with Crippen LogP contribution >= 0.6 is 11.3 Å². The highest BCUT2D eigenvalue weighted by Gasteiger charge is 2.25. The van der Waals surface area contributed by atoms with Crippen LogP contribution in [0.1, 0.15) is 43.0 Å². The number of para-hydroxylation sites is 1. The molecule has 3 heterocycles. The van der Waals surface area contributed by atoms with E-state index >= 15 is 0 Å². The van der Waals surface area contributed by atoms with Crippen molar-refractivity contribution >= 4 is 11.3 Å². The molecular weight excluding hydrogens is 354 g/mol. The second kappa shape index (κ2) is 8.72. The van der Waals surface area contributed by atoms with E-state index in [0.717, 1.165) is 23.0 Å². The maximum atomic E-state index is 5.50. The molecular formula is C22H31N3OS. The van der Waals surface area contributed by atoms with Gasteiger partial charge in [-0.1, -0.05) is 12.1 Å². The minimum absolute atomic E-state index is 0.615. The van der Waals surface area contributed by atoms with Gasteiger partial charge in [0.1, 0.15) is 5.75 Å². The molecule has 2 saturated heterocycles. The van der Waals surface area contributed by atoms with Crippen molar-refractivity contribution in [3.05, 3.63) is 34.7 Å². The highest BCUT2D eigenvalue weighted by Crippen LogP contribution is 2.35. The summed E-state index contributed by atoms with van der Waals surface area (Å²) in [6.07, 6.45) is 6.56. The lowest BCUT2D eigenvalue weighted by Crippen LogP contribution is -2.36. The van der Waals surface area contributed by atoms with Crippen LogP contribution in [-0.2, 0) is 0 Å². The van der Waals surface area contributed by atoms with E-state index < -0.39 is 0 Å². The Balaban J connectivity index is 1.32. The third-order valence-electron chi connectivity index (χ3n) is 6.29. The largest absolute Gasteiger partial charge is 0.496 e. The quantitative estimate of drug-likeness (QED) is 0.733. The lowest BCUT2D eigenvalue weighted by Gasteiger charge is -2.32. The van der Waals surface area contributed by atoms with E-state index in [4.69, 9.17) is 9.72 Å². The number of aromatic nitrogens is 1. The van der Waals surface area contributed by atoms with Gasteiger partial charge in [0.15, 0.2) is 0 Å². The van der Waals surface area contributed by atoms with Crippen molar-refractivity contribution in [1.82, 2.24) is 14.8 Å². The third kappa shape index (κ3) is 4.36. The first-order valence-corrected chi connectivity index (χ1v) is 11.1. The molecule has 0 bridgehead atoms. The van der Waals surface area contributed by atoms with E-state index in [9.17, 15) is 0 Å². The van der Waals surface area contributed by atoms with Gasteiger partial charge in [0.05, 0.1) is 17.8 Å². The van der Waals surface area contributed by atoms with E-state index in [1.807, 2.05) is 23.5 Å². The van der Waals surface area contributed by atoms with Crippen LogP contribution in [0.25, 0.3) is 11.3 Å².